The number of amides is 2. The minimum Gasteiger partial charge on any atom is -0.354 e. The quantitative estimate of drug-likeness (QED) is 0.511. The van der Waals surface area contributed by atoms with E-state index in [-0.39, 0.29) is 29.9 Å². The summed E-state index contributed by atoms with van der Waals surface area (Å²) in [4.78, 5) is 27.0. The lowest BCUT2D eigenvalue weighted by Gasteiger charge is -2.29. The van der Waals surface area contributed by atoms with Gasteiger partial charge in [-0.05, 0) is 37.1 Å². The molecule has 0 heterocycles. The smallest absolute Gasteiger partial charge is 0.242 e. The van der Waals surface area contributed by atoms with Crippen LogP contribution >= 0.6 is 35.0 Å². The summed E-state index contributed by atoms with van der Waals surface area (Å²) in [5.41, 5.74) is 1.12. The van der Waals surface area contributed by atoms with Gasteiger partial charge in [-0.15, -0.1) is 11.8 Å². The lowest BCUT2D eigenvalue weighted by Crippen LogP contribution is -2.48. The van der Waals surface area contributed by atoms with Crippen molar-refractivity contribution in [3.05, 3.63) is 69.5 Å². The number of carbonyl (C=O) groups excluding carboxylic acids is 2. The van der Waals surface area contributed by atoms with Crippen molar-refractivity contribution in [1.29, 1.82) is 0 Å². The molecule has 8 heteroatoms. The second-order valence-corrected chi connectivity index (χ2v) is 8.57. The predicted molar refractivity (Wildman–Crippen MR) is 122 cm³/mol. The molecular weight excluding hydrogens is 446 g/mol. The zero-order valence-electron chi connectivity index (χ0n) is 17.0. The Hall–Kier alpha value is -1.76. The van der Waals surface area contributed by atoms with Crippen molar-refractivity contribution in [3.8, 4) is 0 Å². The van der Waals surface area contributed by atoms with Crippen molar-refractivity contribution in [2.75, 3.05) is 12.3 Å². The maximum absolute atomic E-state index is 14.0. The van der Waals surface area contributed by atoms with Crippen molar-refractivity contribution in [1.82, 2.24) is 10.2 Å². The van der Waals surface area contributed by atoms with Crippen LogP contribution in [0.3, 0.4) is 0 Å². The van der Waals surface area contributed by atoms with Crippen molar-refractivity contribution in [2.45, 2.75) is 38.6 Å². The van der Waals surface area contributed by atoms with E-state index in [0.717, 1.165) is 12.0 Å². The van der Waals surface area contributed by atoms with Crippen LogP contribution in [0.2, 0.25) is 10.0 Å². The topological polar surface area (TPSA) is 49.4 Å². The van der Waals surface area contributed by atoms with Crippen LogP contribution in [0.1, 0.15) is 31.4 Å². The largest absolute Gasteiger partial charge is 0.354 e. The number of carbonyl (C=O) groups is 2. The van der Waals surface area contributed by atoms with Crippen molar-refractivity contribution >= 4 is 46.8 Å². The van der Waals surface area contributed by atoms with Crippen LogP contribution in [0.25, 0.3) is 0 Å². The summed E-state index contributed by atoms with van der Waals surface area (Å²) in [6.07, 6.45) is 0.802. The molecule has 0 aliphatic rings. The van der Waals surface area contributed by atoms with Crippen LogP contribution in [-0.4, -0.2) is 35.1 Å². The Bertz CT molecular complexity index is 862. The second kappa shape index (κ2) is 12.2. The average Bonchev–Trinajstić information content (AvgIpc) is 2.72. The molecule has 0 aromatic heterocycles. The Balaban J connectivity index is 2.11. The van der Waals surface area contributed by atoms with Gasteiger partial charge in [-0.3, -0.25) is 9.59 Å². The number of nitrogens with one attached hydrogen (secondary N) is 1. The fourth-order valence-corrected chi connectivity index (χ4v) is 4.23. The highest BCUT2D eigenvalue weighted by Crippen LogP contribution is 2.25. The highest BCUT2D eigenvalue weighted by atomic mass is 35.5. The number of benzene rings is 2. The van der Waals surface area contributed by atoms with Gasteiger partial charge in [0.25, 0.3) is 0 Å². The van der Waals surface area contributed by atoms with Crippen LogP contribution in [0, 0.1) is 5.82 Å². The first kappa shape index (κ1) is 24.5. The van der Waals surface area contributed by atoms with Crippen molar-refractivity contribution in [3.63, 3.8) is 0 Å². The summed E-state index contributed by atoms with van der Waals surface area (Å²) in [5, 5.41) is 3.68. The van der Waals surface area contributed by atoms with Gasteiger partial charge in [-0.1, -0.05) is 54.4 Å². The number of hydrogen-bond donors (Lipinski definition) is 1. The minimum atomic E-state index is -0.669. The highest BCUT2D eigenvalue weighted by Gasteiger charge is 2.26. The summed E-state index contributed by atoms with van der Waals surface area (Å²) in [6, 6.07) is 11.0. The molecular formula is C22H25Cl2FN2O2S. The minimum absolute atomic E-state index is 0.0838. The third-order valence-electron chi connectivity index (χ3n) is 4.55. The maximum Gasteiger partial charge on any atom is 0.242 e. The molecule has 1 N–H and O–H groups in total. The first-order chi connectivity index (χ1) is 14.3. The van der Waals surface area contributed by atoms with Gasteiger partial charge in [0.15, 0.2) is 0 Å². The molecule has 2 rings (SSSR count). The zero-order chi connectivity index (χ0) is 22.1. The summed E-state index contributed by atoms with van der Waals surface area (Å²) in [7, 11) is 0. The number of halogens is 3. The van der Waals surface area contributed by atoms with Gasteiger partial charge in [0.2, 0.25) is 11.8 Å². The molecule has 1 atom stereocenters. The van der Waals surface area contributed by atoms with E-state index < -0.39 is 11.9 Å². The SMILES string of the molecule is CCCNC(=O)C(C)N(Cc1ccccc1Cl)C(=O)CSCc1c(F)cccc1Cl. The molecule has 2 aromatic rings. The van der Waals surface area contributed by atoms with Gasteiger partial charge in [0.05, 0.1) is 5.75 Å². The highest BCUT2D eigenvalue weighted by molar-refractivity contribution is 7.99. The van der Waals surface area contributed by atoms with E-state index in [1.165, 1.54) is 22.7 Å². The van der Waals surface area contributed by atoms with E-state index in [2.05, 4.69) is 5.32 Å². The molecule has 0 saturated carbocycles. The van der Waals surface area contributed by atoms with Gasteiger partial charge >= 0.3 is 0 Å². The van der Waals surface area contributed by atoms with E-state index in [1.54, 1.807) is 25.1 Å². The Morgan fingerprint density at radius 2 is 1.83 bits per heavy atom. The molecule has 0 radical (unpaired) electrons. The monoisotopic (exact) mass is 470 g/mol. The molecule has 4 nitrogen and oxygen atoms in total. The van der Waals surface area contributed by atoms with Crippen LogP contribution in [-0.2, 0) is 21.9 Å². The molecule has 2 aromatic carbocycles. The standard InChI is InChI=1S/C22H25Cl2FN2O2S/c1-3-11-26-22(29)15(2)27(12-16-7-4-5-8-18(16)23)21(28)14-30-13-17-19(24)9-6-10-20(17)25/h4-10,15H,3,11-14H2,1-2H3,(H,26,29). The van der Waals surface area contributed by atoms with Gasteiger partial charge in [0, 0.05) is 34.5 Å². The molecule has 162 valence electrons. The summed E-state index contributed by atoms with van der Waals surface area (Å²) >= 11 is 13.6. The Morgan fingerprint density at radius 1 is 1.13 bits per heavy atom. The molecule has 0 fully saturated rings. The molecule has 0 aliphatic heterocycles. The molecule has 2 amide bonds. The molecule has 30 heavy (non-hydrogen) atoms. The van der Waals surface area contributed by atoms with Crippen molar-refractivity contribution in [2.24, 2.45) is 0 Å². The summed E-state index contributed by atoms with van der Waals surface area (Å²) in [6.45, 7) is 4.40. The van der Waals surface area contributed by atoms with Crippen LogP contribution < -0.4 is 5.32 Å². The summed E-state index contributed by atoms with van der Waals surface area (Å²) in [5.74, 6) is -0.512. The molecule has 0 bridgehead atoms. The molecule has 0 spiro atoms. The third-order valence-corrected chi connectivity index (χ3v) is 6.22. The first-order valence-corrected chi connectivity index (χ1v) is 11.6. The Labute approximate surface area is 191 Å². The lowest BCUT2D eigenvalue weighted by molar-refractivity contribution is -0.138. The number of thioether (sulfide) groups is 1. The predicted octanol–water partition coefficient (Wildman–Crippen LogP) is 5.31. The van der Waals surface area contributed by atoms with E-state index >= 15 is 0 Å². The molecule has 0 aliphatic carbocycles. The van der Waals surface area contributed by atoms with E-state index in [4.69, 9.17) is 23.2 Å². The van der Waals surface area contributed by atoms with Gasteiger partial charge in [-0.2, -0.15) is 0 Å². The van der Waals surface area contributed by atoms with Crippen LogP contribution in [0.15, 0.2) is 42.5 Å². The van der Waals surface area contributed by atoms with E-state index in [1.807, 2.05) is 25.1 Å². The molecule has 1 unspecified atom stereocenters. The zero-order valence-corrected chi connectivity index (χ0v) is 19.3. The fourth-order valence-electron chi connectivity index (χ4n) is 2.78. The maximum atomic E-state index is 14.0. The number of hydrogen-bond acceptors (Lipinski definition) is 3. The van der Waals surface area contributed by atoms with Crippen LogP contribution in [0.5, 0.6) is 0 Å². The van der Waals surface area contributed by atoms with Gasteiger partial charge in [0.1, 0.15) is 11.9 Å². The van der Waals surface area contributed by atoms with E-state index in [9.17, 15) is 14.0 Å². The normalized spacial score (nSPS) is 11.8. The van der Waals surface area contributed by atoms with E-state index in [0.29, 0.717) is 22.2 Å². The van der Waals surface area contributed by atoms with Gasteiger partial charge in [-0.25, -0.2) is 4.39 Å². The van der Waals surface area contributed by atoms with Crippen LogP contribution in [0.4, 0.5) is 4.39 Å². The lowest BCUT2D eigenvalue weighted by atomic mass is 10.1. The third kappa shape index (κ3) is 6.89. The average molecular weight is 471 g/mol. The summed E-state index contributed by atoms with van der Waals surface area (Å²) < 4.78 is 14.0. The van der Waals surface area contributed by atoms with Gasteiger partial charge < -0.3 is 10.2 Å². The fraction of sp³-hybridized carbons (Fsp3) is 0.364. The second-order valence-electron chi connectivity index (χ2n) is 6.77. The van der Waals surface area contributed by atoms with Crippen molar-refractivity contribution < 1.29 is 14.0 Å². The number of rotatable bonds is 10. The Kier molecular flexibility index (Phi) is 9.95. The molecule has 0 saturated heterocycles. The Morgan fingerprint density at radius 3 is 2.50 bits per heavy atom. The first-order valence-electron chi connectivity index (χ1n) is 9.66. The number of nitrogens with zero attached hydrogens (tertiary/aromatic N) is 1.